The van der Waals surface area contributed by atoms with Crippen LogP contribution in [0.5, 0.6) is 0 Å². The summed E-state index contributed by atoms with van der Waals surface area (Å²) in [5, 5.41) is 14.8. The standard InChI is InChI=1S/C19H25N7O/c1-14(2)18-8-17(27-25-18)10-23-19(20-3)22-9-15-5-4-6-16(7-15)11-26-13-21-12-24-26/h4-8,12-14H,9-11H2,1-3H3,(H2,20,22,23). The molecule has 0 saturated carbocycles. The van der Waals surface area contributed by atoms with Crippen molar-refractivity contribution >= 4 is 5.96 Å². The van der Waals surface area contributed by atoms with Gasteiger partial charge in [-0.25, -0.2) is 9.67 Å². The number of hydrogen-bond donors (Lipinski definition) is 2. The molecule has 27 heavy (non-hydrogen) atoms. The number of aromatic nitrogens is 4. The first-order valence-electron chi connectivity index (χ1n) is 8.94. The number of hydrogen-bond acceptors (Lipinski definition) is 5. The summed E-state index contributed by atoms with van der Waals surface area (Å²) in [7, 11) is 1.75. The summed E-state index contributed by atoms with van der Waals surface area (Å²) in [6.45, 7) is 6.08. The minimum absolute atomic E-state index is 0.352. The van der Waals surface area contributed by atoms with Gasteiger partial charge in [0, 0.05) is 19.7 Å². The molecule has 3 aromatic rings. The Bertz CT molecular complexity index is 868. The van der Waals surface area contributed by atoms with E-state index in [1.165, 1.54) is 5.56 Å². The average molecular weight is 367 g/mol. The van der Waals surface area contributed by atoms with E-state index in [4.69, 9.17) is 4.52 Å². The second-order valence-corrected chi connectivity index (χ2v) is 6.57. The van der Waals surface area contributed by atoms with Gasteiger partial charge in [-0.2, -0.15) is 5.10 Å². The maximum absolute atomic E-state index is 5.34. The summed E-state index contributed by atoms with van der Waals surface area (Å²) >= 11 is 0. The molecule has 3 rings (SSSR count). The van der Waals surface area contributed by atoms with Crippen LogP contribution in [0.25, 0.3) is 0 Å². The second-order valence-electron chi connectivity index (χ2n) is 6.57. The van der Waals surface area contributed by atoms with Crippen LogP contribution in [-0.2, 0) is 19.6 Å². The Morgan fingerprint density at radius 1 is 1.19 bits per heavy atom. The lowest BCUT2D eigenvalue weighted by molar-refractivity contribution is 0.372. The third-order valence-electron chi connectivity index (χ3n) is 4.08. The minimum atomic E-state index is 0.352. The number of rotatable bonds is 7. The van der Waals surface area contributed by atoms with Crippen LogP contribution in [0.2, 0.25) is 0 Å². The van der Waals surface area contributed by atoms with Crippen LogP contribution < -0.4 is 10.6 Å². The van der Waals surface area contributed by atoms with Crippen LogP contribution in [0.3, 0.4) is 0 Å². The van der Waals surface area contributed by atoms with Crippen molar-refractivity contribution < 1.29 is 4.52 Å². The molecule has 0 bridgehead atoms. The van der Waals surface area contributed by atoms with Gasteiger partial charge in [0.25, 0.3) is 0 Å². The van der Waals surface area contributed by atoms with Gasteiger partial charge >= 0.3 is 0 Å². The van der Waals surface area contributed by atoms with E-state index in [-0.39, 0.29) is 0 Å². The van der Waals surface area contributed by atoms with E-state index in [2.05, 4.69) is 62.9 Å². The molecule has 8 heteroatoms. The smallest absolute Gasteiger partial charge is 0.191 e. The molecule has 0 spiro atoms. The third-order valence-corrected chi connectivity index (χ3v) is 4.08. The highest BCUT2D eigenvalue weighted by Gasteiger charge is 2.08. The van der Waals surface area contributed by atoms with Crippen molar-refractivity contribution in [1.29, 1.82) is 0 Å². The van der Waals surface area contributed by atoms with Crippen LogP contribution in [0, 0.1) is 0 Å². The highest BCUT2D eigenvalue weighted by Crippen LogP contribution is 2.13. The molecule has 0 saturated heterocycles. The van der Waals surface area contributed by atoms with Crippen LogP contribution in [0.15, 0.2) is 52.5 Å². The number of aliphatic imine (C=N–C) groups is 1. The van der Waals surface area contributed by atoms with Crippen molar-refractivity contribution in [3.05, 3.63) is 65.6 Å². The summed E-state index contributed by atoms with van der Waals surface area (Å²) in [5.74, 6) is 1.85. The van der Waals surface area contributed by atoms with E-state index in [9.17, 15) is 0 Å². The molecule has 0 atom stereocenters. The summed E-state index contributed by atoms with van der Waals surface area (Å²) in [6.07, 6.45) is 3.25. The Labute approximate surface area is 158 Å². The van der Waals surface area contributed by atoms with Crippen molar-refractivity contribution in [3.8, 4) is 0 Å². The van der Waals surface area contributed by atoms with Crippen molar-refractivity contribution in [2.75, 3.05) is 7.05 Å². The van der Waals surface area contributed by atoms with Crippen molar-refractivity contribution in [3.63, 3.8) is 0 Å². The Morgan fingerprint density at radius 2 is 2.00 bits per heavy atom. The predicted molar refractivity (Wildman–Crippen MR) is 103 cm³/mol. The van der Waals surface area contributed by atoms with E-state index in [0.717, 1.165) is 17.0 Å². The van der Waals surface area contributed by atoms with Gasteiger partial charge in [-0.3, -0.25) is 4.99 Å². The minimum Gasteiger partial charge on any atom is -0.359 e. The lowest BCUT2D eigenvalue weighted by Gasteiger charge is -2.11. The number of nitrogens with zero attached hydrogens (tertiary/aromatic N) is 5. The van der Waals surface area contributed by atoms with Crippen LogP contribution in [0.4, 0.5) is 0 Å². The third kappa shape index (κ3) is 5.40. The van der Waals surface area contributed by atoms with Gasteiger partial charge in [0.2, 0.25) is 0 Å². The van der Waals surface area contributed by atoms with Crippen molar-refractivity contribution in [2.24, 2.45) is 4.99 Å². The summed E-state index contributed by atoms with van der Waals surface area (Å²) in [6, 6.07) is 10.3. The van der Waals surface area contributed by atoms with Gasteiger partial charge in [0.05, 0.1) is 18.8 Å². The fraction of sp³-hybridized carbons (Fsp3) is 0.368. The topological polar surface area (TPSA) is 93.2 Å². The van der Waals surface area contributed by atoms with Gasteiger partial charge in [0.1, 0.15) is 12.7 Å². The normalized spacial score (nSPS) is 11.8. The fourth-order valence-corrected chi connectivity index (χ4v) is 2.60. The Hall–Kier alpha value is -3.16. The van der Waals surface area contributed by atoms with Crippen LogP contribution in [0.1, 0.15) is 42.3 Å². The van der Waals surface area contributed by atoms with Crippen molar-refractivity contribution in [1.82, 2.24) is 30.6 Å². The molecule has 0 aliphatic rings. The molecule has 1 aromatic carbocycles. The number of nitrogens with one attached hydrogen (secondary N) is 2. The van der Waals surface area contributed by atoms with Crippen LogP contribution in [-0.4, -0.2) is 32.9 Å². The van der Waals surface area contributed by atoms with Gasteiger partial charge in [0.15, 0.2) is 11.7 Å². The summed E-state index contributed by atoms with van der Waals surface area (Å²) < 4.78 is 7.14. The molecular weight excluding hydrogens is 342 g/mol. The Kier molecular flexibility index (Phi) is 6.19. The first-order chi connectivity index (χ1) is 13.1. The molecule has 0 unspecified atom stereocenters. The lowest BCUT2D eigenvalue weighted by Crippen LogP contribution is -2.36. The Balaban J connectivity index is 1.51. The predicted octanol–water partition coefficient (Wildman–Crippen LogP) is 2.30. The zero-order chi connectivity index (χ0) is 19.1. The van der Waals surface area contributed by atoms with E-state index in [0.29, 0.717) is 31.5 Å². The molecule has 2 heterocycles. The molecule has 2 aromatic heterocycles. The zero-order valence-electron chi connectivity index (χ0n) is 15.9. The number of guanidine groups is 1. The molecule has 0 fully saturated rings. The maximum atomic E-state index is 5.34. The first-order valence-corrected chi connectivity index (χ1v) is 8.94. The quantitative estimate of drug-likeness (QED) is 0.492. The average Bonchev–Trinajstić information content (AvgIpc) is 3.34. The van der Waals surface area contributed by atoms with E-state index in [1.54, 1.807) is 24.4 Å². The molecule has 142 valence electrons. The molecule has 8 nitrogen and oxygen atoms in total. The molecular formula is C19H25N7O. The summed E-state index contributed by atoms with van der Waals surface area (Å²) in [4.78, 5) is 8.22. The van der Waals surface area contributed by atoms with Gasteiger partial charge < -0.3 is 15.2 Å². The van der Waals surface area contributed by atoms with E-state index < -0.39 is 0 Å². The molecule has 2 N–H and O–H groups in total. The largest absolute Gasteiger partial charge is 0.359 e. The SMILES string of the molecule is CN=C(NCc1cccc(Cn2cncn2)c1)NCc1cc(C(C)C)no1. The first kappa shape index (κ1) is 18.6. The molecule has 0 aliphatic heterocycles. The molecule has 0 amide bonds. The van der Waals surface area contributed by atoms with Crippen LogP contribution >= 0.6 is 0 Å². The maximum Gasteiger partial charge on any atom is 0.191 e. The van der Waals surface area contributed by atoms with E-state index >= 15 is 0 Å². The Morgan fingerprint density at radius 3 is 2.70 bits per heavy atom. The highest BCUT2D eigenvalue weighted by molar-refractivity contribution is 5.79. The lowest BCUT2D eigenvalue weighted by atomic mass is 10.1. The number of benzene rings is 1. The second kappa shape index (κ2) is 8.98. The molecule has 0 aliphatic carbocycles. The van der Waals surface area contributed by atoms with Gasteiger partial charge in [-0.15, -0.1) is 0 Å². The van der Waals surface area contributed by atoms with Gasteiger partial charge in [-0.1, -0.05) is 43.3 Å². The van der Waals surface area contributed by atoms with Crippen molar-refractivity contribution in [2.45, 2.75) is 39.4 Å². The van der Waals surface area contributed by atoms with E-state index in [1.807, 2.05) is 12.1 Å². The fourth-order valence-electron chi connectivity index (χ4n) is 2.60. The molecule has 0 radical (unpaired) electrons. The monoisotopic (exact) mass is 367 g/mol. The summed E-state index contributed by atoms with van der Waals surface area (Å²) in [5.41, 5.74) is 3.29. The zero-order valence-corrected chi connectivity index (χ0v) is 15.9. The van der Waals surface area contributed by atoms with Gasteiger partial charge in [-0.05, 0) is 17.0 Å². The highest BCUT2D eigenvalue weighted by atomic mass is 16.5.